The van der Waals surface area contributed by atoms with Crippen molar-refractivity contribution in [1.29, 1.82) is 0 Å². The van der Waals surface area contributed by atoms with Crippen LogP contribution in [0, 0.1) is 5.82 Å². The van der Waals surface area contributed by atoms with Crippen molar-refractivity contribution in [1.82, 2.24) is 15.0 Å². The molecule has 7 heteroatoms. The molecule has 4 aromatic rings. The summed E-state index contributed by atoms with van der Waals surface area (Å²) in [4.78, 5) is 12.5. The third kappa shape index (κ3) is 3.27. The molecule has 4 rings (SSSR count). The molecule has 27 heavy (non-hydrogen) atoms. The van der Waals surface area contributed by atoms with Crippen LogP contribution >= 0.6 is 11.6 Å². The second-order valence-corrected chi connectivity index (χ2v) is 6.27. The van der Waals surface area contributed by atoms with Gasteiger partial charge in [-0.05, 0) is 30.3 Å². The Morgan fingerprint density at radius 3 is 2.44 bits per heavy atom. The first kappa shape index (κ1) is 17.2. The average molecular weight is 381 g/mol. The van der Waals surface area contributed by atoms with Gasteiger partial charge in [0.05, 0.1) is 11.1 Å². The van der Waals surface area contributed by atoms with E-state index in [0.29, 0.717) is 33.0 Å². The van der Waals surface area contributed by atoms with E-state index in [4.69, 9.17) is 11.6 Å². The van der Waals surface area contributed by atoms with Crippen molar-refractivity contribution < 1.29 is 9.50 Å². The molecule has 1 atom stereocenters. The van der Waals surface area contributed by atoms with Gasteiger partial charge in [0, 0.05) is 35.1 Å². The maximum atomic E-state index is 14.6. The number of nitrogens with zero attached hydrogens (tertiary/aromatic N) is 3. The number of nitrogens with one attached hydrogen (secondary N) is 1. The fourth-order valence-electron chi connectivity index (χ4n) is 2.96. The summed E-state index contributed by atoms with van der Waals surface area (Å²) in [5.41, 5.74) is 1.05. The van der Waals surface area contributed by atoms with Crippen molar-refractivity contribution in [3.8, 4) is 5.75 Å². The van der Waals surface area contributed by atoms with Crippen LogP contribution in [0.25, 0.3) is 10.9 Å². The van der Waals surface area contributed by atoms with E-state index >= 15 is 0 Å². The zero-order valence-corrected chi connectivity index (χ0v) is 14.7. The fourth-order valence-corrected chi connectivity index (χ4v) is 3.23. The lowest BCUT2D eigenvalue weighted by atomic mass is 9.96. The van der Waals surface area contributed by atoms with Crippen LogP contribution in [0.2, 0.25) is 5.02 Å². The number of pyridine rings is 1. The number of aromatic hydroxyl groups is 1. The molecular weight excluding hydrogens is 367 g/mol. The largest absolute Gasteiger partial charge is 0.505 e. The number of aromatic nitrogens is 3. The highest BCUT2D eigenvalue weighted by atomic mass is 35.5. The van der Waals surface area contributed by atoms with E-state index in [1.165, 1.54) is 6.07 Å². The summed E-state index contributed by atoms with van der Waals surface area (Å²) in [5.74, 6) is -0.211. The molecule has 2 aromatic heterocycles. The lowest BCUT2D eigenvalue weighted by Gasteiger charge is -2.22. The van der Waals surface area contributed by atoms with Crippen molar-refractivity contribution >= 4 is 28.5 Å². The van der Waals surface area contributed by atoms with Gasteiger partial charge in [-0.1, -0.05) is 29.8 Å². The summed E-state index contributed by atoms with van der Waals surface area (Å²) >= 11 is 6.40. The second kappa shape index (κ2) is 7.17. The highest BCUT2D eigenvalue weighted by Crippen LogP contribution is 2.39. The molecule has 1 unspecified atom stereocenters. The summed E-state index contributed by atoms with van der Waals surface area (Å²) in [6.07, 6.45) is 4.71. The summed E-state index contributed by atoms with van der Waals surface area (Å²) in [6, 6.07) is 12.3. The number of phenols is 1. The molecule has 0 spiro atoms. The van der Waals surface area contributed by atoms with Crippen LogP contribution in [-0.4, -0.2) is 20.1 Å². The predicted octanol–water partition coefficient (Wildman–Crippen LogP) is 4.72. The van der Waals surface area contributed by atoms with Gasteiger partial charge in [0.1, 0.15) is 17.1 Å². The molecule has 0 bridgehead atoms. The Labute approximate surface area is 159 Å². The molecule has 0 aliphatic rings. The van der Waals surface area contributed by atoms with E-state index in [2.05, 4.69) is 20.3 Å². The summed E-state index contributed by atoms with van der Waals surface area (Å²) in [5, 5.41) is 14.9. The minimum Gasteiger partial charge on any atom is -0.505 e. The fraction of sp³-hybridized carbons (Fsp3) is 0.0500. The third-order valence-electron chi connectivity index (χ3n) is 4.21. The molecule has 0 saturated heterocycles. The summed E-state index contributed by atoms with van der Waals surface area (Å²) in [7, 11) is 0. The number of benzene rings is 2. The van der Waals surface area contributed by atoms with Gasteiger partial charge in [-0.3, -0.25) is 4.98 Å². The molecule has 0 aliphatic heterocycles. The number of phenolic OH excluding ortho intramolecular Hbond substituents is 1. The summed E-state index contributed by atoms with van der Waals surface area (Å²) in [6.45, 7) is 0. The molecule has 134 valence electrons. The zero-order chi connectivity index (χ0) is 18.8. The number of hydrogen-bond donors (Lipinski definition) is 2. The van der Waals surface area contributed by atoms with E-state index in [9.17, 15) is 9.50 Å². The monoisotopic (exact) mass is 380 g/mol. The number of hydrogen-bond acceptors (Lipinski definition) is 5. The lowest BCUT2D eigenvalue weighted by Crippen LogP contribution is -2.16. The Morgan fingerprint density at radius 1 is 0.926 bits per heavy atom. The van der Waals surface area contributed by atoms with E-state index in [1.807, 2.05) is 0 Å². The normalized spacial score (nSPS) is 12.1. The molecule has 0 saturated carbocycles. The van der Waals surface area contributed by atoms with E-state index < -0.39 is 11.9 Å². The molecule has 0 amide bonds. The van der Waals surface area contributed by atoms with Crippen LogP contribution in [0.3, 0.4) is 0 Å². The van der Waals surface area contributed by atoms with Crippen molar-refractivity contribution in [2.75, 3.05) is 5.32 Å². The van der Waals surface area contributed by atoms with Crippen molar-refractivity contribution in [3.05, 3.63) is 89.1 Å². The van der Waals surface area contributed by atoms with Gasteiger partial charge >= 0.3 is 0 Å². The van der Waals surface area contributed by atoms with Crippen molar-refractivity contribution in [2.24, 2.45) is 0 Å². The Hall–Kier alpha value is -3.25. The van der Waals surface area contributed by atoms with E-state index in [1.54, 1.807) is 61.1 Å². The van der Waals surface area contributed by atoms with Crippen molar-refractivity contribution in [2.45, 2.75) is 6.04 Å². The molecule has 0 fully saturated rings. The van der Waals surface area contributed by atoms with Crippen LogP contribution in [0.1, 0.15) is 17.2 Å². The Morgan fingerprint density at radius 2 is 1.67 bits per heavy atom. The topological polar surface area (TPSA) is 70.9 Å². The molecule has 0 aliphatic carbocycles. The molecule has 2 aromatic carbocycles. The van der Waals surface area contributed by atoms with E-state index in [0.717, 1.165) is 0 Å². The SMILES string of the molecule is Oc1c(C(Nc2ncccn2)c2ccccc2F)cc(Cl)c2cccnc12. The molecule has 2 heterocycles. The minimum atomic E-state index is -0.766. The maximum absolute atomic E-state index is 14.6. The minimum absolute atomic E-state index is 0.0771. The van der Waals surface area contributed by atoms with Gasteiger partial charge in [0.25, 0.3) is 0 Å². The predicted molar refractivity (Wildman–Crippen MR) is 102 cm³/mol. The van der Waals surface area contributed by atoms with Crippen LogP contribution < -0.4 is 5.32 Å². The van der Waals surface area contributed by atoms with Gasteiger partial charge in [-0.25, -0.2) is 14.4 Å². The highest BCUT2D eigenvalue weighted by Gasteiger charge is 2.24. The zero-order valence-electron chi connectivity index (χ0n) is 14.0. The van der Waals surface area contributed by atoms with E-state index in [-0.39, 0.29) is 5.75 Å². The lowest BCUT2D eigenvalue weighted by molar-refractivity contribution is 0.470. The van der Waals surface area contributed by atoms with Crippen LogP contribution in [0.15, 0.2) is 67.1 Å². The first-order chi connectivity index (χ1) is 13.1. The third-order valence-corrected chi connectivity index (χ3v) is 4.52. The number of rotatable bonds is 4. The van der Waals surface area contributed by atoms with Crippen molar-refractivity contribution in [3.63, 3.8) is 0 Å². The average Bonchev–Trinajstić information content (AvgIpc) is 2.71. The molecule has 2 N–H and O–H groups in total. The number of halogens is 2. The molecular formula is C20H14ClFN4O. The van der Waals surface area contributed by atoms with Crippen LogP contribution in [0.4, 0.5) is 10.3 Å². The quantitative estimate of drug-likeness (QED) is 0.536. The maximum Gasteiger partial charge on any atom is 0.223 e. The molecule has 5 nitrogen and oxygen atoms in total. The standard InChI is InChI=1S/C20H14ClFN4O/c21-15-11-14(19(27)18-12(15)6-3-8-23-18)17(13-5-1-2-7-16(13)22)26-20-24-9-4-10-25-20/h1-11,17,27H,(H,24,25,26). The summed E-state index contributed by atoms with van der Waals surface area (Å²) < 4.78 is 14.6. The van der Waals surface area contributed by atoms with Gasteiger partial charge in [0.15, 0.2) is 0 Å². The van der Waals surface area contributed by atoms with Gasteiger partial charge in [0.2, 0.25) is 5.95 Å². The van der Waals surface area contributed by atoms with Gasteiger partial charge in [-0.15, -0.1) is 0 Å². The van der Waals surface area contributed by atoms with Gasteiger partial charge < -0.3 is 10.4 Å². The van der Waals surface area contributed by atoms with Gasteiger partial charge in [-0.2, -0.15) is 0 Å². The first-order valence-electron chi connectivity index (χ1n) is 8.19. The Bertz CT molecular complexity index is 1110. The highest BCUT2D eigenvalue weighted by molar-refractivity contribution is 6.35. The Kier molecular flexibility index (Phi) is 4.56. The van der Waals surface area contributed by atoms with Crippen LogP contribution in [-0.2, 0) is 0 Å². The number of fused-ring (bicyclic) bond motifs is 1. The smallest absolute Gasteiger partial charge is 0.223 e. The molecule has 0 radical (unpaired) electrons. The first-order valence-corrected chi connectivity index (χ1v) is 8.57. The number of anilines is 1. The van der Waals surface area contributed by atoms with Crippen LogP contribution in [0.5, 0.6) is 5.75 Å². The Balaban J connectivity index is 1.92. The second-order valence-electron chi connectivity index (χ2n) is 5.87.